The SMILES string of the molecule is C=CCN1[C]N(Cc2c(C)c(C)c(C)c(C)c2C)C=C1. The van der Waals surface area contributed by atoms with Crippen molar-refractivity contribution in [2.45, 2.75) is 41.2 Å². The number of nitrogens with zero attached hydrogens (tertiary/aromatic N) is 2. The van der Waals surface area contributed by atoms with Crippen molar-refractivity contribution in [3.8, 4) is 0 Å². The van der Waals surface area contributed by atoms with Gasteiger partial charge in [0.15, 0.2) is 0 Å². The minimum absolute atomic E-state index is 0.802. The fraction of sp³-hybridized carbons (Fsp3) is 0.389. The largest absolute Gasteiger partial charge is 0.343 e. The lowest BCUT2D eigenvalue weighted by Gasteiger charge is -2.23. The third kappa shape index (κ3) is 2.60. The minimum atomic E-state index is 0.802. The van der Waals surface area contributed by atoms with Gasteiger partial charge in [-0.3, -0.25) is 0 Å². The molecule has 2 nitrogen and oxygen atoms in total. The summed E-state index contributed by atoms with van der Waals surface area (Å²) in [5.41, 5.74) is 8.47. The van der Waals surface area contributed by atoms with Gasteiger partial charge in [-0.05, 0) is 68.0 Å². The van der Waals surface area contributed by atoms with Gasteiger partial charge in [0.1, 0.15) is 0 Å². The molecule has 1 aliphatic rings. The van der Waals surface area contributed by atoms with Crippen LogP contribution >= 0.6 is 0 Å². The van der Waals surface area contributed by atoms with E-state index in [0.717, 1.165) is 13.1 Å². The Morgan fingerprint density at radius 1 is 0.900 bits per heavy atom. The molecular weight excluding hydrogens is 244 g/mol. The first-order chi connectivity index (χ1) is 9.45. The summed E-state index contributed by atoms with van der Waals surface area (Å²) in [4.78, 5) is 4.14. The molecule has 1 aromatic rings. The first kappa shape index (κ1) is 14.7. The van der Waals surface area contributed by atoms with E-state index < -0.39 is 0 Å². The van der Waals surface area contributed by atoms with Gasteiger partial charge in [0.25, 0.3) is 0 Å². The van der Waals surface area contributed by atoms with Crippen molar-refractivity contribution in [3.05, 3.63) is 65.1 Å². The molecule has 106 valence electrons. The molecule has 0 N–H and O–H groups in total. The maximum absolute atomic E-state index is 3.76. The Bertz CT molecular complexity index is 526. The zero-order valence-corrected chi connectivity index (χ0v) is 13.2. The van der Waals surface area contributed by atoms with Crippen LogP contribution in [0, 0.1) is 41.3 Å². The fourth-order valence-corrected chi connectivity index (χ4v) is 2.71. The van der Waals surface area contributed by atoms with Crippen molar-refractivity contribution in [2.24, 2.45) is 0 Å². The quantitative estimate of drug-likeness (QED) is 0.762. The second-order valence-electron chi connectivity index (χ2n) is 5.57. The Morgan fingerprint density at radius 3 is 1.95 bits per heavy atom. The van der Waals surface area contributed by atoms with Crippen LogP contribution in [0.2, 0.25) is 0 Å². The average Bonchev–Trinajstić information content (AvgIpc) is 2.87. The Kier molecular flexibility index (Phi) is 4.22. The van der Waals surface area contributed by atoms with Crippen LogP contribution in [0.1, 0.15) is 33.4 Å². The predicted molar refractivity (Wildman–Crippen MR) is 85.0 cm³/mol. The smallest absolute Gasteiger partial charge is 0.208 e. The lowest BCUT2D eigenvalue weighted by Crippen LogP contribution is -2.20. The average molecular weight is 268 g/mol. The molecule has 0 saturated heterocycles. The molecule has 0 amide bonds. The lowest BCUT2D eigenvalue weighted by molar-refractivity contribution is 0.356. The molecule has 1 aromatic carbocycles. The molecule has 0 unspecified atom stereocenters. The van der Waals surface area contributed by atoms with Gasteiger partial charge < -0.3 is 9.80 Å². The Labute approximate surface area is 123 Å². The molecule has 1 heterocycles. The lowest BCUT2D eigenvalue weighted by atomic mass is 9.89. The fourth-order valence-electron chi connectivity index (χ4n) is 2.71. The Balaban J connectivity index is 2.23. The number of hydrogen-bond acceptors (Lipinski definition) is 2. The van der Waals surface area contributed by atoms with Crippen molar-refractivity contribution in [2.75, 3.05) is 6.54 Å². The zero-order valence-electron chi connectivity index (χ0n) is 13.2. The van der Waals surface area contributed by atoms with E-state index in [4.69, 9.17) is 0 Å². The first-order valence-electron chi connectivity index (χ1n) is 7.10. The highest BCUT2D eigenvalue weighted by molar-refractivity contribution is 5.49. The van der Waals surface area contributed by atoms with Gasteiger partial charge in [0.2, 0.25) is 6.67 Å². The zero-order chi connectivity index (χ0) is 14.9. The molecule has 0 saturated carbocycles. The van der Waals surface area contributed by atoms with Gasteiger partial charge in [-0.15, -0.1) is 6.58 Å². The summed E-state index contributed by atoms with van der Waals surface area (Å²) in [6, 6.07) is 0. The maximum Gasteiger partial charge on any atom is 0.208 e. The van der Waals surface area contributed by atoms with Gasteiger partial charge in [0.05, 0.1) is 0 Å². The van der Waals surface area contributed by atoms with Crippen molar-refractivity contribution in [1.29, 1.82) is 0 Å². The van der Waals surface area contributed by atoms with Gasteiger partial charge >= 0.3 is 0 Å². The first-order valence-corrected chi connectivity index (χ1v) is 7.10. The summed E-state index contributed by atoms with van der Waals surface area (Å²) in [7, 11) is 0. The summed E-state index contributed by atoms with van der Waals surface area (Å²) >= 11 is 0. The molecule has 0 aliphatic carbocycles. The number of rotatable bonds is 4. The van der Waals surface area contributed by atoms with Crippen LogP contribution < -0.4 is 0 Å². The van der Waals surface area contributed by atoms with E-state index in [2.05, 4.69) is 59.0 Å². The van der Waals surface area contributed by atoms with E-state index in [1.807, 2.05) is 17.2 Å². The standard InChI is InChI=1S/C18H24N2/c1-7-8-19-9-10-20(12-19)11-18-16(5)14(3)13(2)15(4)17(18)6/h7,9-10H,1,8,11H2,2-6H3. The van der Waals surface area contributed by atoms with Crippen LogP contribution in [0.3, 0.4) is 0 Å². The molecule has 0 aromatic heterocycles. The second kappa shape index (κ2) is 5.74. The molecule has 0 bridgehead atoms. The molecule has 0 spiro atoms. The van der Waals surface area contributed by atoms with E-state index >= 15 is 0 Å². The third-order valence-corrected chi connectivity index (χ3v) is 4.49. The molecule has 1 aliphatic heterocycles. The van der Waals surface area contributed by atoms with Crippen molar-refractivity contribution in [3.63, 3.8) is 0 Å². The van der Waals surface area contributed by atoms with Crippen LogP contribution in [-0.4, -0.2) is 16.3 Å². The van der Waals surface area contributed by atoms with Crippen molar-refractivity contribution in [1.82, 2.24) is 9.80 Å². The van der Waals surface area contributed by atoms with Crippen LogP contribution in [-0.2, 0) is 6.54 Å². The minimum Gasteiger partial charge on any atom is -0.343 e. The van der Waals surface area contributed by atoms with E-state index in [-0.39, 0.29) is 0 Å². The molecule has 20 heavy (non-hydrogen) atoms. The highest BCUT2D eigenvalue weighted by atomic mass is 15.3. The number of hydrogen-bond donors (Lipinski definition) is 0. The summed E-state index contributed by atoms with van der Waals surface area (Å²) in [6.07, 6.45) is 6.00. The van der Waals surface area contributed by atoms with E-state index in [9.17, 15) is 0 Å². The molecule has 2 rings (SSSR count). The second-order valence-corrected chi connectivity index (χ2v) is 5.57. The molecule has 0 atom stereocenters. The van der Waals surface area contributed by atoms with Crippen LogP contribution in [0.4, 0.5) is 0 Å². The predicted octanol–water partition coefficient (Wildman–Crippen LogP) is 4.00. The van der Waals surface area contributed by atoms with Crippen LogP contribution in [0.15, 0.2) is 25.1 Å². The normalized spacial score (nSPS) is 14.2. The van der Waals surface area contributed by atoms with Gasteiger partial charge in [-0.1, -0.05) is 6.08 Å². The number of benzene rings is 1. The highest BCUT2D eigenvalue weighted by Crippen LogP contribution is 2.28. The van der Waals surface area contributed by atoms with Crippen molar-refractivity contribution < 1.29 is 0 Å². The maximum atomic E-state index is 3.76. The van der Waals surface area contributed by atoms with Crippen molar-refractivity contribution >= 4 is 0 Å². The summed E-state index contributed by atoms with van der Waals surface area (Å²) in [5, 5.41) is 0. The molecular formula is C18H24N2. The third-order valence-electron chi connectivity index (χ3n) is 4.49. The topological polar surface area (TPSA) is 6.48 Å². The van der Waals surface area contributed by atoms with E-state index in [0.29, 0.717) is 0 Å². The highest BCUT2D eigenvalue weighted by Gasteiger charge is 2.18. The Hall–Kier alpha value is -1.70. The van der Waals surface area contributed by atoms with E-state index in [1.54, 1.807) is 0 Å². The van der Waals surface area contributed by atoms with E-state index in [1.165, 1.54) is 33.4 Å². The van der Waals surface area contributed by atoms with Gasteiger partial charge in [-0.25, -0.2) is 0 Å². The van der Waals surface area contributed by atoms with Crippen LogP contribution in [0.25, 0.3) is 0 Å². The monoisotopic (exact) mass is 268 g/mol. The molecule has 2 heteroatoms. The van der Waals surface area contributed by atoms with Crippen LogP contribution in [0.5, 0.6) is 0 Å². The Morgan fingerprint density at radius 2 is 1.40 bits per heavy atom. The van der Waals surface area contributed by atoms with Gasteiger partial charge in [0, 0.05) is 25.5 Å². The summed E-state index contributed by atoms with van der Waals surface area (Å²) < 4.78 is 0. The summed E-state index contributed by atoms with van der Waals surface area (Å²) in [5.74, 6) is 0. The van der Waals surface area contributed by atoms with Gasteiger partial charge in [-0.2, -0.15) is 0 Å². The molecule has 2 radical (unpaired) electrons. The molecule has 0 fully saturated rings. The summed E-state index contributed by atoms with van der Waals surface area (Å²) in [6.45, 7) is 19.9.